The van der Waals surface area contributed by atoms with E-state index in [1.54, 1.807) is 36.5 Å². The Bertz CT molecular complexity index is 567. The van der Waals surface area contributed by atoms with E-state index in [-0.39, 0.29) is 5.56 Å². The highest BCUT2D eigenvalue weighted by Crippen LogP contribution is 2.20. The third-order valence-corrected chi connectivity index (χ3v) is 2.19. The molecule has 0 aliphatic rings. The molecule has 5 heteroatoms. The van der Waals surface area contributed by atoms with Crippen LogP contribution in [0.2, 0.25) is 0 Å². The number of carbonyl (C=O) groups is 1. The first-order valence-electron chi connectivity index (χ1n) is 4.91. The van der Waals surface area contributed by atoms with Crippen LogP contribution in [0.5, 0.6) is 5.75 Å². The zero-order valence-electron chi connectivity index (χ0n) is 8.84. The molecule has 0 spiro atoms. The number of carbonyl (C=O) groups excluding carboxylic acids is 1. The summed E-state index contributed by atoms with van der Waals surface area (Å²) in [5, 5.41) is 0. The Labute approximate surface area is 96.8 Å². The predicted octanol–water partition coefficient (Wildman–Crippen LogP) is 1.50. The average Bonchev–Trinajstić information content (AvgIpc) is 2.30. The largest absolute Gasteiger partial charge is 0.411 e. The molecule has 0 aliphatic carbocycles. The lowest BCUT2D eigenvalue weighted by atomic mass is 10.1. The van der Waals surface area contributed by atoms with Crippen LogP contribution in [0.3, 0.4) is 0 Å². The number of rotatable bonds is 2. The lowest BCUT2D eigenvalue weighted by molar-refractivity contribution is 0.211. The lowest BCUT2D eigenvalue weighted by Crippen LogP contribution is -2.16. The van der Waals surface area contributed by atoms with E-state index in [2.05, 4.69) is 4.98 Å². The number of aromatic nitrogens is 1. The van der Waals surface area contributed by atoms with Gasteiger partial charge < -0.3 is 15.5 Å². The highest BCUT2D eigenvalue weighted by atomic mass is 16.5. The fourth-order valence-electron chi connectivity index (χ4n) is 1.42. The van der Waals surface area contributed by atoms with Crippen molar-refractivity contribution in [3.05, 3.63) is 52.9 Å². The van der Waals surface area contributed by atoms with Crippen LogP contribution in [0.25, 0.3) is 11.1 Å². The van der Waals surface area contributed by atoms with Gasteiger partial charge in [0.2, 0.25) is 5.56 Å². The molecular formula is C12H10N2O3. The number of amides is 1. The first kappa shape index (κ1) is 10.9. The van der Waals surface area contributed by atoms with E-state index in [0.29, 0.717) is 5.75 Å². The van der Waals surface area contributed by atoms with Gasteiger partial charge in [0.25, 0.3) is 0 Å². The van der Waals surface area contributed by atoms with Gasteiger partial charge >= 0.3 is 6.09 Å². The molecule has 3 N–H and O–H groups in total. The van der Waals surface area contributed by atoms with Gasteiger partial charge in [0.15, 0.2) is 0 Å². The fraction of sp³-hybridized carbons (Fsp3) is 0. The molecule has 0 radical (unpaired) electrons. The van der Waals surface area contributed by atoms with Gasteiger partial charge in [-0.1, -0.05) is 12.1 Å². The minimum absolute atomic E-state index is 0.151. The van der Waals surface area contributed by atoms with E-state index in [1.807, 2.05) is 0 Å². The number of primary amides is 1. The summed E-state index contributed by atoms with van der Waals surface area (Å²) in [6, 6.07) is 9.96. The van der Waals surface area contributed by atoms with Crippen molar-refractivity contribution in [2.45, 2.75) is 0 Å². The summed E-state index contributed by atoms with van der Waals surface area (Å²) in [4.78, 5) is 24.0. The molecule has 0 bridgehead atoms. The number of nitrogens with one attached hydrogen (secondary N) is 1. The van der Waals surface area contributed by atoms with Crippen molar-refractivity contribution >= 4 is 6.09 Å². The van der Waals surface area contributed by atoms with E-state index in [9.17, 15) is 9.59 Å². The van der Waals surface area contributed by atoms with Crippen molar-refractivity contribution in [2.24, 2.45) is 5.73 Å². The number of pyridine rings is 1. The SMILES string of the molecule is NC(=O)Oc1ccc(-c2ccc(=O)[nH]c2)cc1. The van der Waals surface area contributed by atoms with Crippen LogP contribution in [0.15, 0.2) is 47.4 Å². The minimum Gasteiger partial charge on any atom is -0.411 e. The topological polar surface area (TPSA) is 85.2 Å². The number of hydrogen-bond acceptors (Lipinski definition) is 3. The summed E-state index contributed by atoms with van der Waals surface area (Å²) in [6.07, 6.45) is 0.772. The Morgan fingerprint density at radius 1 is 1.06 bits per heavy atom. The van der Waals surface area contributed by atoms with Crippen molar-refractivity contribution in [1.29, 1.82) is 0 Å². The molecule has 1 heterocycles. The van der Waals surface area contributed by atoms with Crippen LogP contribution in [0.4, 0.5) is 4.79 Å². The van der Waals surface area contributed by atoms with E-state index in [1.165, 1.54) is 6.07 Å². The maximum Gasteiger partial charge on any atom is 0.409 e. The second kappa shape index (κ2) is 4.52. The number of aromatic amines is 1. The molecule has 2 aromatic rings. The molecule has 0 atom stereocenters. The van der Waals surface area contributed by atoms with Crippen molar-refractivity contribution < 1.29 is 9.53 Å². The number of benzene rings is 1. The Balaban J connectivity index is 2.26. The smallest absolute Gasteiger partial charge is 0.409 e. The molecule has 1 aromatic heterocycles. The maximum atomic E-state index is 10.9. The number of hydrogen-bond donors (Lipinski definition) is 2. The third kappa shape index (κ3) is 2.72. The third-order valence-electron chi connectivity index (χ3n) is 2.19. The molecule has 0 unspecified atom stereocenters. The Morgan fingerprint density at radius 2 is 1.71 bits per heavy atom. The van der Waals surface area contributed by atoms with Gasteiger partial charge in [-0.2, -0.15) is 0 Å². The first-order chi connectivity index (χ1) is 8.15. The van der Waals surface area contributed by atoms with E-state index < -0.39 is 6.09 Å². The fourth-order valence-corrected chi connectivity index (χ4v) is 1.42. The zero-order chi connectivity index (χ0) is 12.3. The number of H-pyrrole nitrogens is 1. The highest BCUT2D eigenvalue weighted by molar-refractivity contribution is 5.69. The second-order valence-corrected chi connectivity index (χ2v) is 3.39. The molecule has 86 valence electrons. The first-order valence-corrected chi connectivity index (χ1v) is 4.91. The van der Waals surface area contributed by atoms with Crippen LogP contribution in [0, 0.1) is 0 Å². The van der Waals surface area contributed by atoms with Crippen molar-refractivity contribution in [3.8, 4) is 16.9 Å². The summed E-state index contributed by atoms with van der Waals surface area (Å²) in [5.74, 6) is 0.380. The molecule has 2 rings (SSSR count). The van der Waals surface area contributed by atoms with Gasteiger partial charge in [-0.05, 0) is 29.3 Å². The van der Waals surface area contributed by atoms with Gasteiger partial charge in [0, 0.05) is 12.3 Å². The van der Waals surface area contributed by atoms with E-state index in [4.69, 9.17) is 10.5 Å². The second-order valence-electron chi connectivity index (χ2n) is 3.39. The molecule has 0 saturated carbocycles. The van der Waals surface area contributed by atoms with Gasteiger partial charge in [-0.25, -0.2) is 4.79 Å². The van der Waals surface area contributed by atoms with Crippen LogP contribution in [0.1, 0.15) is 0 Å². The Hall–Kier alpha value is -2.56. The highest BCUT2D eigenvalue weighted by Gasteiger charge is 2.00. The summed E-state index contributed by atoms with van der Waals surface area (Å²) >= 11 is 0. The number of nitrogens with two attached hydrogens (primary N) is 1. The number of ether oxygens (including phenoxy) is 1. The molecular weight excluding hydrogens is 220 g/mol. The van der Waals surface area contributed by atoms with Crippen molar-refractivity contribution in [3.63, 3.8) is 0 Å². The van der Waals surface area contributed by atoms with E-state index >= 15 is 0 Å². The van der Waals surface area contributed by atoms with Crippen molar-refractivity contribution in [2.75, 3.05) is 0 Å². The van der Waals surface area contributed by atoms with Gasteiger partial charge in [0.05, 0.1) is 0 Å². The molecule has 17 heavy (non-hydrogen) atoms. The zero-order valence-corrected chi connectivity index (χ0v) is 8.84. The predicted molar refractivity (Wildman–Crippen MR) is 62.7 cm³/mol. The normalized spacial score (nSPS) is 9.88. The van der Waals surface area contributed by atoms with Gasteiger partial charge in [-0.15, -0.1) is 0 Å². The molecule has 1 aromatic carbocycles. The Morgan fingerprint density at radius 3 is 2.24 bits per heavy atom. The molecule has 1 amide bonds. The van der Waals surface area contributed by atoms with Crippen LogP contribution in [-0.4, -0.2) is 11.1 Å². The van der Waals surface area contributed by atoms with Crippen molar-refractivity contribution in [1.82, 2.24) is 4.98 Å². The quantitative estimate of drug-likeness (QED) is 0.819. The maximum absolute atomic E-state index is 10.9. The average molecular weight is 230 g/mol. The minimum atomic E-state index is -0.846. The van der Waals surface area contributed by atoms with Crippen LogP contribution in [-0.2, 0) is 0 Å². The van der Waals surface area contributed by atoms with Gasteiger partial charge in [0.1, 0.15) is 5.75 Å². The molecule has 0 fully saturated rings. The summed E-state index contributed by atoms with van der Waals surface area (Å²) in [6.45, 7) is 0. The molecule has 0 saturated heterocycles. The summed E-state index contributed by atoms with van der Waals surface area (Å²) in [5.41, 5.74) is 6.51. The molecule has 5 nitrogen and oxygen atoms in total. The lowest BCUT2D eigenvalue weighted by Gasteiger charge is -2.03. The summed E-state index contributed by atoms with van der Waals surface area (Å²) in [7, 11) is 0. The monoisotopic (exact) mass is 230 g/mol. The van der Waals surface area contributed by atoms with Crippen LogP contribution >= 0.6 is 0 Å². The van der Waals surface area contributed by atoms with Crippen LogP contribution < -0.4 is 16.0 Å². The van der Waals surface area contributed by atoms with Gasteiger partial charge in [-0.3, -0.25) is 4.79 Å². The van der Waals surface area contributed by atoms with E-state index in [0.717, 1.165) is 11.1 Å². The molecule has 0 aliphatic heterocycles. The summed E-state index contributed by atoms with van der Waals surface area (Å²) < 4.78 is 4.71. The Kier molecular flexibility index (Phi) is 2.91. The standard InChI is InChI=1S/C12H10N2O3/c13-12(16)17-10-4-1-8(2-5-10)9-3-6-11(15)14-7-9/h1-7H,(H2,13,16)(H,14,15).